The number of carbonyl (C=O) groups excluding carboxylic acids is 2. The lowest BCUT2D eigenvalue weighted by Crippen LogP contribution is -2.40. The number of aromatic nitrogens is 1. The summed E-state index contributed by atoms with van der Waals surface area (Å²) in [5, 5.41) is 0. The number of nitrogens with zero attached hydrogens (tertiary/aromatic N) is 4. The molecule has 0 radical (unpaired) electrons. The normalized spacial score (nSPS) is 17.8. The largest absolute Gasteiger partial charge is 0.418 e. The average molecular weight is 356 g/mol. The third-order valence-corrected chi connectivity index (χ3v) is 4.54. The number of hydrogen-bond donors (Lipinski definition) is 0. The fourth-order valence-electron chi connectivity index (χ4n) is 3.12. The van der Waals surface area contributed by atoms with E-state index in [1.807, 2.05) is 30.3 Å². The van der Waals surface area contributed by atoms with Crippen molar-refractivity contribution in [2.75, 3.05) is 44.3 Å². The second-order valence-electron chi connectivity index (χ2n) is 6.25. The van der Waals surface area contributed by atoms with E-state index in [0.29, 0.717) is 45.9 Å². The lowest BCUT2D eigenvalue weighted by Gasteiger charge is -2.25. The summed E-state index contributed by atoms with van der Waals surface area (Å²) in [4.78, 5) is 34.1. The molecular formula is C18H20N4O4. The molecule has 0 saturated carbocycles. The standard InChI is InChI=1S/C18H20N4O4/c23-16(20-8-10-25-11-9-20)15-12-19-17(26-15)22-7-6-21(18(22)24)13-14-4-2-1-3-5-14/h1-5,12H,6-11,13H2. The third kappa shape index (κ3) is 3.28. The van der Waals surface area contributed by atoms with Crippen LogP contribution in [0.3, 0.4) is 0 Å². The van der Waals surface area contributed by atoms with Crippen molar-refractivity contribution in [2.24, 2.45) is 0 Å². The number of hydrogen-bond acceptors (Lipinski definition) is 5. The van der Waals surface area contributed by atoms with E-state index in [-0.39, 0.29) is 23.7 Å². The lowest BCUT2D eigenvalue weighted by atomic mass is 10.2. The van der Waals surface area contributed by atoms with Gasteiger partial charge in [-0.1, -0.05) is 30.3 Å². The van der Waals surface area contributed by atoms with Crippen LogP contribution in [0.25, 0.3) is 0 Å². The van der Waals surface area contributed by atoms with Gasteiger partial charge in [-0.05, 0) is 5.56 Å². The van der Waals surface area contributed by atoms with Crippen molar-refractivity contribution in [3.05, 3.63) is 47.9 Å². The molecule has 4 rings (SSSR count). The minimum atomic E-state index is -0.222. The molecule has 2 aliphatic heterocycles. The summed E-state index contributed by atoms with van der Waals surface area (Å²) in [6.45, 7) is 3.71. The summed E-state index contributed by atoms with van der Waals surface area (Å²) in [7, 11) is 0. The number of morpholine rings is 1. The molecule has 3 amide bonds. The Morgan fingerprint density at radius 1 is 1.08 bits per heavy atom. The van der Waals surface area contributed by atoms with Crippen molar-refractivity contribution in [1.82, 2.24) is 14.8 Å². The Labute approximate surface area is 150 Å². The SMILES string of the molecule is O=C(c1cnc(N2CCN(Cc3ccccc3)C2=O)o1)N1CCOCC1. The van der Waals surface area contributed by atoms with Gasteiger partial charge >= 0.3 is 12.0 Å². The summed E-state index contributed by atoms with van der Waals surface area (Å²) >= 11 is 0. The van der Waals surface area contributed by atoms with Gasteiger partial charge in [0.05, 0.1) is 19.4 Å². The van der Waals surface area contributed by atoms with Gasteiger partial charge in [0, 0.05) is 32.7 Å². The van der Waals surface area contributed by atoms with Crippen LogP contribution in [0, 0.1) is 0 Å². The van der Waals surface area contributed by atoms with Crippen LogP contribution >= 0.6 is 0 Å². The van der Waals surface area contributed by atoms with Crippen LogP contribution in [0.2, 0.25) is 0 Å². The number of anilines is 1. The highest BCUT2D eigenvalue weighted by Gasteiger charge is 2.33. The van der Waals surface area contributed by atoms with E-state index in [4.69, 9.17) is 9.15 Å². The van der Waals surface area contributed by atoms with Crippen LogP contribution in [0.5, 0.6) is 0 Å². The van der Waals surface area contributed by atoms with E-state index in [2.05, 4.69) is 4.98 Å². The zero-order chi connectivity index (χ0) is 17.9. The van der Waals surface area contributed by atoms with Crippen LogP contribution in [0.4, 0.5) is 10.8 Å². The predicted octanol–water partition coefficient (Wildman–Crippen LogP) is 1.59. The maximum atomic E-state index is 12.6. The molecule has 0 bridgehead atoms. The van der Waals surface area contributed by atoms with Crippen molar-refractivity contribution in [3.63, 3.8) is 0 Å². The lowest BCUT2D eigenvalue weighted by molar-refractivity contribution is 0.0283. The highest BCUT2D eigenvalue weighted by Crippen LogP contribution is 2.22. The first-order valence-electron chi connectivity index (χ1n) is 8.65. The van der Waals surface area contributed by atoms with Crippen LogP contribution in [0.1, 0.15) is 16.1 Å². The van der Waals surface area contributed by atoms with Crippen molar-refractivity contribution in [3.8, 4) is 0 Å². The molecule has 0 N–H and O–H groups in total. The van der Waals surface area contributed by atoms with Gasteiger partial charge in [-0.25, -0.2) is 14.7 Å². The first-order valence-corrected chi connectivity index (χ1v) is 8.65. The van der Waals surface area contributed by atoms with E-state index in [1.165, 1.54) is 11.1 Å². The molecule has 0 aliphatic carbocycles. The van der Waals surface area contributed by atoms with Crippen LogP contribution < -0.4 is 4.90 Å². The molecule has 2 saturated heterocycles. The zero-order valence-electron chi connectivity index (χ0n) is 14.3. The second kappa shape index (κ2) is 7.17. The molecule has 136 valence electrons. The third-order valence-electron chi connectivity index (χ3n) is 4.54. The molecule has 8 heteroatoms. The zero-order valence-corrected chi connectivity index (χ0v) is 14.3. The summed E-state index contributed by atoms with van der Waals surface area (Å²) < 4.78 is 10.8. The first-order chi connectivity index (χ1) is 12.7. The van der Waals surface area contributed by atoms with E-state index in [9.17, 15) is 9.59 Å². The van der Waals surface area contributed by atoms with Crippen LogP contribution in [0.15, 0.2) is 40.9 Å². The molecule has 0 unspecified atom stereocenters. The van der Waals surface area contributed by atoms with E-state index >= 15 is 0 Å². The summed E-state index contributed by atoms with van der Waals surface area (Å²) in [6, 6.07) is 9.82. The van der Waals surface area contributed by atoms with Crippen LogP contribution in [-0.4, -0.2) is 66.1 Å². The van der Waals surface area contributed by atoms with Crippen LogP contribution in [-0.2, 0) is 11.3 Å². The van der Waals surface area contributed by atoms with Gasteiger partial charge in [0.25, 0.3) is 5.91 Å². The van der Waals surface area contributed by atoms with E-state index in [0.717, 1.165) is 5.56 Å². The molecule has 2 aromatic rings. The monoisotopic (exact) mass is 356 g/mol. The van der Waals surface area contributed by atoms with Crippen molar-refractivity contribution >= 4 is 18.0 Å². The number of urea groups is 1. The minimum Gasteiger partial charge on any atom is -0.418 e. The molecule has 8 nitrogen and oxygen atoms in total. The van der Waals surface area contributed by atoms with Gasteiger partial charge in [-0.15, -0.1) is 0 Å². The van der Waals surface area contributed by atoms with Gasteiger partial charge in [0.15, 0.2) is 0 Å². The van der Waals surface area contributed by atoms with Crippen molar-refractivity contribution in [1.29, 1.82) is 0 Å². The minimum absolute atomic E-state index is 0.149. The number of amides is 3. The Morgan fingerprint density at radius 3 is 2.62 bits per heavy atom. The Morgan fingerprint density at radius 2 is 1.85 bits per heavy atom. The molecule has 3 heterocycles. The molecule has 26 heavy (non-hydrogen) atoms. The summed E-state index contributed by atoms with van der Waals surface area (Å²) in [6.07, 6.45) is 1.39. The van der Waals surface area contributed by atoms with Crippen molar-refractivity contribution < 1.29 is 18.7 Å². The molecule has 1 aromatic heterocycles. The van der Waals surface area contributed by atoms with Crippen molar-refractivity contribution in [2.45, 2.75) is 6.54 Å². The Kier molecular flexibility index (Phi) is 4.57. The average Bonchev–Trinajstić information content (AvgIpc) is 3.30. The molecular weight excluding hydrogens is 336 g/mol. The second-order valence-corrected chi connectivity index (χ2v) is 6.25. The van der Waals surface area contributed by atoms with Gasteiger partial charge in [0.2, 0.25) is 5.76 Å². The number of ether oxygens (including phenoxy) is 1. The number of benzene rings is 1. The first kappa shape index (κ1) is 16.6. The quantitative estimate of drug-likeness (QED) is 0.831. The maximum absolute atomic E-state index is 12.6. The topological polar surface area (TPSA) is 79.1 Å². The fraction of sp³-hybridized carbons (Fsp3) is 0.389. The number of oxazole rings is 1. The Bertz CT molecular complexity index is 785. The van der Waals surface area contributed by atoms with Gasteiger partial charge in [-0.2, -0.15) is 0 Å². The number of rotatable bonds is 4. The highest BCUT2D eigenvalue weighted by atomic mass is 16.5. The van der Waals surface area contributed by atoms with E-state index < -0.39 is 0 Å². The summed E-state index contributed by atoms with van der Waals surface area (Å²) in [5.74, 6) is -0.0731. The highest BCUT2D eigenvalue weighted by molar-refractivity contribution is 5.94. The molecule has 0 atom stereocenters. The Balaban J connectivity index is 1.43. The van der Waals surface area contributed by atoms with Gasteiger partial charge in [0.1, 0.15) is 0 Å². The van der Waals surface area contributed by atoms with Gasteiger partial charge in [-0.3, -0.25) is 4.79 Å². The molecule has 2 aliphatic rings. The molecule has 0 spiro atoms. The fourth-order valence-corrected chi connectivity index (χ4v) is 3.12. The summed E-state index contributed by atoms with van der Waals surface area (Å²) in [5.41, 5.74) is 1.07. The van der Waals surface area contributed by atoms with Gasteiger partial charge < -0.3 is 19.0 Å². The molecule has 2 fully saturated rings. The number of carbonyl (C=O) groups is 2. The van der Waals surface area contributed by atoms with E-state index in [1.54, 1.807) is 9.80 Å². The Hall–Kier alpha value is -2.87. The smallest absolute Gasteiger partial charge is 0.328 e. The molecule has 1 aromatic carbocycles. The maximum Gasteiger partial charge on any atom is 0.328 e. The predicted molar refractivity (Wildman–Crippen MR) is 92.8 cm³/mol.